The summed E-state index contributed by atoms with van der Waals surface area (Å²) in [6.07, 6.45) is 0.619. The molecule has 1 atom stereocenters. The topological polar surface area (TPSA) is 20.2 Å². The van der Waals surface area contributed by atoms with Crippen LogP contribution in [0.2, 0.25) is 0 Å². The Hall–Kier alpha value is -1.16. The SMILES string of the molecule is CC(O)(Cc1csc2ccccc12)c1cccc(Br)c1. The highest BCUT2D eigenvalue weighted by atomic mass is 79.9. The first-order chi connectivity index (χ1) is 9.56. The highest BCUT2D eigenvalue weighted by Crippen LogP contribution is 2.33. The van der Waals surface area contributed by atoms with Crippen LogP contribution in [0.1, 0.15) is 18.1 Å². The van der Waals surface area contributed by atoms with Gasteiger partial charge in [-0.15, -0.1) is 11.3 Å². The molecule has 0 amide bonds. The van der Waals surface area contributed by atoms with E-state index >= 15 is 0 Å². The molecule has 102 valence electrons. The van der Waals surface area contributed by atoms with Crippen LogP contribution in [0.3, 0.4) is 0 Å². The van der Waals surface area contributed by atoms with Crippen LogP contribution in [0.5, 0.6) is 0 Å². The van der Waals surface area contributed by atoms with Crippen LogP contribution in [0, 0.1) is 0 Å². The normalized spacial score (nSPS) is 14.3. The lowest BCUT2D eigenvalue weighted by Crippen LogP contribution is -2.24. The van der Waals surface area contributed by atoms with Gasteiger partial charge in [0.1, 0.15) is 0 Å². The number of aliphatic hydroxyl groups is 1. The Balaban J connectivity index is 1.97. The zero-order chi connectivity index (χ0) is 14.2. The van der Waals surface area contributed by atoms with E-state index in [2.05, 4.69) is 39.5 Å². The molecular formula is C17H15BrOS. The molecule has 1 N–H and O–H groups in total. The molecule has 0 saturated carbocycles. The predicted octanol–water partition coefficient (Wildman–Crippen LogP) is 5.11. The van der Waals surface area contributed by atoms with Gasteiger partial charge in [0.05, 0.1) is 5.60 Å². The van der Waals surface area contributed by atoms with E-state index in [4.69, 9.17) is 0 Å². The van der Waals surface area contributed by atoms with Gasteiger partial charge in [0.25, 0.3) is 0 Å². The summed E-state index contributed by atoms with van der Waals surface area (Å²) in [6.45, 7) is 1.88. The van der Waals surface area contributed by atoms with E-state index in [-0.39, 0.29) is 0 Å². The highest BCUT2D eigenvalue weighted by molar-refractivity contribution is 9.10. The summed E-state index contributed by atoms with van der Waals surface area (Å²) in [4.78, 5) is 0. The van der Waals surface area contributed by atoms with Gasteiger partial charge in [-0.05, 0) is 47.0 Å². The Kier molecular flexibility index (Phi) is 3.67. The fourth-order valence-electron chi connectivity index (χ4n) is 2.47. The van der Waals surface area contributed by atoms with Crippen LogP contribution in [0.15, 0.2) is 58.4 Å². The molecule has 1 nitrogen and oxygen atoms in total. The van der Waals surface area contributed by atoms with Crippen molar-refractivity contribution < 1.29 is 5.11 Å². The maximum absolute atomic E-state index is 10.8. The summed E-state index contributed by atoms with van der Waals surface area (Å²) in [7, 11) is 0. The van der Waals surface area contributed by atoms with Gasteiger partial charge in [-0.25, -0.2) is 0 Å². The zero-order valence-corrected chi connectivity index (χ0v) is 13.5. The van der Waals surface area contributed by atoms with Gasteiger partial charge in [0.2, 0.25) is 0 Å². The molecule has 1 heterocycles. The van der Waals surface area contributed by atoms with Gasteiger partial charge >= 0.3 is 0 Å². The summed E-state index contributed by atoms with van der Waals surface area (Å²) < 4.78 is 2.26. The third-order valence-corrected chi connectivity index (χ3v) is 5.05. The standard InChI is InChI=1S/C17H15BrOS/c1-17(19,13-5-4-6-14(18)9-13)10-12-11-20-16-8-3-2-7-15(12)16/h2-9,11,19H,10H2,1H3. The first-order valence-electron chi connectivity index (χ1n) is 6.50. The summed E-state index contributed by atoms with van der Waals surface area (Å²) >= 11 is 5.20. The molecule has 0 bridgehead atoms. The van der Waals surface area contributed by atoms with Crippen molar-refractivity contribution >= 4 is 37.4 Å². The van der Waals surface area contributed by atoms with Crippen molar-refractivity contribution in [1.82, 2.24) is 0 Å². The molecule has 3 heteroatoms. The summed E-state index contributed by atoms with van der Waals surface area (Å²) in [5.74, 6) is 0. The van der Waals surface area contributed by atoms with E-state index in [9.17, 15) is 5.11 Å². The quantitative estimate of drug-likeness (QED) is 0.698. The second kappa shape index (κ2) is 5.32. The van der Waals surface area contributed by atoms with Gasteiger partial charge in [-0.2, -0.15) is 0 Å². The average Bonchev–Trinajstić information content (AvgIpc) is 2.82. The predicted molar refractivity (Wildman–Crippen MR) is 89.2 cm³/mol. The maximum atomic E-state index is 10.8. The zero-order valence-electron chi connectivity index (χ0n) is 11.1. The molecule has 2 aromatic carbocycles. The molecule has 0 saturated heterocycles. The van der Waals surface area contributed by atoms with E-state index < -0.39 is 5.60 Å². The molecule has 0 aliphatic heterocycles. The molecular weight excluding hydrogens is 332 g/mol. The summed E-state index contributed by atoms with van der Waals surface area (Å²) in [6, 6.07) is 16.2. The Morgan fingerprint density at radius 2 is 1.95 bits per heavy atom. The van der Waals surface area contributed by atoms with Gasteiger partial charge in [-0.1, -0.05) is 46.3 Å². The van der Waals surface area contributed by atoms with Crippen molar-refractivity contribution in [2.75, 3.05) is 0 Å². The van der Waals surface area contributed by atoms with Crippen molar-refractivity contribution in [2.45, 2.75) is 18.9 Å². The van der Waals surface area contributed by atoms with E-state index in [1.165, 1.54) is 15.6 Å². The first-order valence-corrected chi connectivity index (χ1v) is 8.17. The monoisotopic (exact) mass is 346 g/mol. The summed E-state index contributed by atoms with van der Waals surface area (Å²) in [5, 5.41) is 14.2. The van der Waals surface area contributed by atoms with Crippen LogP contribution >= 0.6 is 27.3 Å². The third kappa shape index (κ3) is 2.66. The molecule has 3 aromatic rings. The minimum Gasteiger partial charge on any atom is -0.385 e. The van der Waals surface area contributed by atoms with Crippen LogP contribution in [-0.4, -0.2) is 5.11 Å². The van der Waals surface area contributed by atoms with E-state index in [1.54, 1.807) is 11.3 Å². The van der Waals surface area contributed by atoms with Crippen molar-refractivity contribution in [1.29, 1.82) is 0 Å². The lowest BCUT2D eigenvalue weighted by Gasteiger charge is -2.24. The molecule has 0 radical (unpaired) electrons. The largest absolute Gasteiger partial charge is 0.385 e. The lowest BCUT2D eigenvalue weighted by molar-refractivity contribution is 0.0580. The summed E-state index contributed by atoms with van der Waals surface area (Å²) in [5.41, 5.74) is 1.27. The molecule has 0 spiro atoms. The Morgan fingerprint density at radius 3 is 2.75 bits per heavy atom. The Morgan fingerprint density at radius 1 is 1.15 bits per heavy atom. The molecule has 0 aliphatic carbocycles. The van der Waals surface area contributed by atoms with Crippen molar-refractivity contribution in [3.05, 3.63) is 69.5 Å². The lowest BCUT2D eigenvalue weighted by atomic mass is 9.89. The van der Waals surface area contributed by atoms with Crippen molar-refractivity contribution in [3.8, 4) is 0 Å². The van der Waals surface area contributed by atoms with Crippen LogP contribution in [0.25, 0.3) is 10.1 Å². The third-order valence-electron chi connectivity index (χ3n) is 3.54. The number of halogens is 1. The van der Waals surface area contributed by atoms with Crippen LogP contribution in [-0.2, 0) is 12.0 Å². The number of hydrogen-bond donors (Lipinski definition) is 1. The van der Waals surface area contributed by atoms with E-state index in [0.29, 0.717) is 6.42 Å². The van der Waals surface area contributed by atoms with Crippen molar-refractivity contribution in [2.24, 2.45) is 0 Å². The molecule has 20 heavy (non-hydrogen) atoms. The smallest absolute Gasteiger partial charge is 0.0909 e. The van der Waals surface area contributed by atoms with Crippen LogP contribution in [0.4, 0.5) is 0 Å². The number of fused-ring (bicyclic) bond motifs is 1. The van der Waals surface area contributed by atoms with Crippen LogP contribution < -0.4 is 0 Å². The molecule has 3 rings (SSSR count). The number of thiophene rings is 1. The Labute approximate surface area is 131 Å². The van der Waals surface area contributed by atoms with Gasteiger partial charge in [0, 0.05) is 15.6 Å². The second-order valence-electron chi connectivity index (χ2n) is 5.22. The van der Waals surface area contributed by atoms with Crippen molar-refractivity contribution in [3.63, 3.8) is 0 Å². The maximum Gasteiger partial charge on any atom is 0.0909 e. The molecule has 1 aromatic heterocycles. The Bertz CT molecular complexity index is 745. The highest BCUT2D eigenvalue weighted by Gasteiger charge is 2.25. The second-order valence-corrected chi connectivity index (χ2v) is 7.04. The number of hydrogen-bond acceptors (Lipinski definition) is 2. The number of benzene rings is 2. The fraction of sp³-hybridized carbons (Fsp3) is 0.176. The fourth-order valence-corrected chi connectivity index (χ4v) is 3.83. The molecule has 1 unspecified atom stereocenters. The van der Waals surface area contributed by atoms with Gasteiger partial charge in [-0.3, -0.25) is 0 Å². The van der Waals surface area contributed by atoms with Gasteiger partial charge < -0.3 is 5.11 Å². The molecule has 0 fully saturated rings. The minimum atomic E-state index is -0.867. The van der Waals surface area contributed by atoms with E-state index in [0.717, 1.165) is 10.0 Å². The first kappa shape index (κ1) is 13.8. The minimum absolute atomic E-state index is 0.619. The van der Waals surface area contributed by atoms with Gasteiger partial charge in [0.15, 0.2) is 0 Å². The van der Waals surface area contributed by atoms with E-state index in [1.807, 2.05) is 37.3 Å². The number of rotatable bonds is 3. The average molecular weight is 347 g/mol. The molecule has 0 aliphatic rings.